The van der Waals surface area contributed by atoms with Gasteiger partial charge < -0.3 is 19.1 Å². The monoisotopic (exact) mass is 516 g/mol. The van der Waals surface area contributed by atoms with Gasteiger partial charge in [0.05, 0.1) is 19.6 Å². The first-order valence-corrected chi connectivity index (χ1v) is 13.1. The molecule has 0 unspecified atom stereocenters. The van der Waals surface area contributed by atoms with E-state index >= 15 is 0 Å². The normalized spacial score (nSPS) is 15.4. The van der Waals surface area contributed by atoms with Crippen LogP contribution in [0.25, 0.3) is 0 Å². The molecule has 0 fully saturated rings. The van der Waals surface area contributed by atoms with Crippen molar-refractivity contribution < 1.29 is 23.8 Å². The molecule has 0 aliphatic carbocycles. The summed E-state index contributed by atoms with van der Waals surface area (Å²) in [5.74, 6) is 0.383. The lowest BCUT2D eigenvalue weighted by atomic mass is 10.0. The highest BCUT2D eigenvalue weighted by Gasteiger charge is 2.37. The SMILES string of the molecule is COC(=O)C[C@@H](N[C@@H]1c2ccccc2C(=O)N1CCCOC(C)C)c1ccc(OCc2ccccc2)cc1. The number of hydrogen-bond acceptors (Lipinski definition) is 6. The quantitative estimate of drug-likeness (QED) is 0.241. The van der Waals surface area contributed by atoms with Gasteiger partial charge in [0.25, 0.3) is 5.91 Å². The molecule has 3 aromatic carbocycles. The number of nitrogens with one attached hydrogen (secondary N) is 1. The van der Waals surface area contributed by atoms with Crippen molar-refractivity contribution >= 4 is 11.9 Å². The minimum atomic E-state index is -0.374. The van der Waals surface area contributed by atoms with E-state index in [2.05, 4.69) is 5.32 Å². The molecule has 0 aromatic heterocycles. The highest BCUT2D eigenvalue weighted by Crippen LogP contribution is 2.35. The van der Waals surface area contributed by atoms with Gasteiger partial charge in [-0.3, -0.25) is 14.9 Å². The van der Waals surface area contributed by atoms with Crippen LogP contribution in [-0.4, -0.2) is 43.1 Å². The molecule has 7 heteroatoms. The molecule has 0 bridgehead atoms. The van der Waals surface area contributed by atoms with Crippen LogP contribution < -0.4 is 10.1 Å². The zero-order valence-electron chi connectivity index (χ0n) is 22.3. The number of amides is 1. The van der Waals surface area contributed by atoms with E-state index in [1.807, 2.05) is 97.6 Å². The second-order valence-electron chi connectivity index (χ2n) is 9.60. The van der Waals surface area contributed by atoms with Gasteiger partial charge in [0.1, 0.15) is 18.5 Å². The van der Waals surface area contributed by atoms with E-state index in [0.717, 1.165) is 22.4 Å². The van der Waals surface area contributed by atoms with Gasteiger partial charge in [-0.05, 0) is 49.6 Å². The van der Waals surface area contributed by atoms with Crippen molar-refractivity contribution in [2.45, 2.75) is 51.6 Å². The number of ether oxygens (including phenoxy) is 3. The number of fused-ring (bicyclic) bond motifs is 1. The molecule has 1 heterocycles. The summed E-state index contributed by atoms with van der Waals surface area (Å²) in [5, 5.41) is 3.58. The first kappa shape index (κ1) is 27.4. The number of benzene rings is 3. The summed E-state index contributed by atoms with van der Waals surface area (Å²) in [6.45, 7) is 5.57. The second kappa shape index (κ2) is 13.2. The number of hydrogen-bond donors (Lipinski definition) is 1. The molecular weight excluding hydrogens is 480 g/mol. The van der Waals surface area contributed by atoms with Gasteiger partial charge in [0.15, 0.2) is 0 Å². The summed E-state index contributed by atoms with van der Waals surface area (Å²) in [6.07, 6.45) is 0.601. The van der Waals surface area contributed by atoms with Gasteiger partial charge >= 0.3 is 5.97 Å². The lowest BCUT2D eigenvalue weighted by Gasteiger charge is -2.30. The fraction of sp³-hybridized carbons (Fsp3) is 0.355. The van der Waals surface area contributed by atoms with Gasteiger partial charge in [-0.25, -0.2) is 0 Å². The first-order valence-electron chi connectivity index (χ1n) is 13.1. The van der Waals surface area contributed by atoms with Crippen molar-refractivity contribution in [2.24, 2.45) is 0 Å². The number of methoxy groups -OCH3 is 1. The standard InChI is InChI=1S/C31H36N2O5/c1-22(2)37-19-9-18-33-30(26-12-7-8-13-27(26)31(33)35)32-28(20-29(34)36-3)24-14-16-25(17-15-24)38-21-23-10-5-4-6-11-23/h4-8,10-17,22,28,30,32H,9,18-21H2,1-3H3/t28-,30+/m1/s1. The molecule has 4 rings (SSSR count). The van der Waals surface area contributed by atoms with Crippen LogP contribution in [0.3, 0.4) is 0 Å². The average Bonchev–Trinajstić information content (AvgIpc) is 3.20. The maximum Gasteiger partial charge on any atom is 0.307 e. The lowest BCUT2D eigenvalue weighted by Crippen LogP contribution is -2.40. The van der Waals surface area contributed by atoms with Crippen molar-refractivity contribution in [1.29, 1.82) is 0 Å². The van der Waals surface area contributed by atoms with E-state index in [9.17, 15) is 9.59 Å². The third kappa shape index (κ3) is 7.00. The number of nitrogens with zero attached hydrogens (tertiary/aromatic N) is 1. The largest absolute Gasteiger partial charge is 0.489 e. The Morgan fingerprint density at radius 3 is 2.39 bits per heavy atom. The van der Waals surface area contributed by atoms with Gasteiger partial charge in [-0.2, -0.15) is 0 Å². The highest BCUT2D eigenvalue weighted by molar-refractivity contribution is 5.99. The molecule has 1 N–H and O–H groups in total. The van der Waals surface area contributed by atoms with Crippen LogP contribution >= 0.6 is 0 Å². The van der Waals surface area contributed by atoms with E-state index in [0.29, 0.717) is 31.7 Å². The van der Waals surface area contributed by atoms with Crippen LogP contribution in [-0.2, 0) is 20.9 Å². The summed E-state index contributed by atoms with van der Waals surface area (Å²) >= 11 is 0. The number of carbonyl (C=O) groups is 2. The summed E-state index contributed by atoms with van der Waals surface area (Å²) in [4.78, 5) is 27.5. The van der Waals surface area contributed by atoms with E-state index < -0.39 is 0 Å². The molecule has 2 atom stereocenters. The molecule has 0 saturated heterocycles. The molecule has 1 amide bonds. The van der Waals surface area contributed by atoms with Crippen molar-refractivity contribution in [2.75, 3.05) is 20.3 Å². The minimum absolute atomic E-state index is 0.0240. The summed E-state index contributed by atoms with van der Waals surface area (Å²) in [7, 11) is 1.38. The minimum Gasteiger partial charge on any atom is -0.489 e. The highest BCUT2D eigenvalue weighted by atomic mass is 16.5. The predicted molar refractivity (Wildman–Crippen MR) is 146 cm³/mol. The Morgan fingerprint density at radius 2 is 1.68 bits per heavy atom. The van der Waals surface area contributed by atoms with Gasteiger partial charge in [-0.15, -0.1) is 0 Å². The topological polar surface area (TPSA) is 77.1 Å². The van der Waals surface area contributed by atoms with E-state index in [1.54, 1.807) is 0 Å². The molecule has 3 aromatic rings. The molecule has 0 saturated carbocycles. The van der Waals surface area contributed by atoms with Crippen LogP contribution in [0.5, 0.6) is 5.75 Å². The van der Waals surface area contributed by atoms with Crippen LogP contribution in [0.15, 0.2) is 78.9 Å². The third-order valence-electron chi connectivity index (χ3n) is 6.54. The summed E-state index contributed by atoms with van der Waals surface area (Å²) < 4.78 is 16.6. The van der Waals surface area contributed by atoms with Crippen molar-refractivity contribution in [1.82, 2.24) is 10.2 Å². The Bertz CT molecular complexity index is 1200. The predicted octanol–water partition coefficient (Wildman–Crippen LogP) is 5.43. The van der Waals surface area contributed by atoms with Crippen LogP contribution in [0.4, 0.5) is 0 Å². The smallest absolute Gasteiger partial charge is 0.307 e. The molecular formula is C31H36N2O5. The van der Waals surface area contributed by atoms with Crippen molar-refractivity contribution in [3.05, 3.63) is 101 Å². The van der Waals surface area contributed by atoms with Gasteiger partial charge in [0.2, 0.25) is 0 Å². The number of rotatable bonds is 13. The van der Waals surface area contributed by atoms with E-state index in [1.165, 1.54) is 7.11 Å². The Kier molecular flexibility index (Phi) is 9.51. The Balaban J connectivity index is 1.52. The molecule has 38 heavy (non-hydrogen) atoms. The van der Waals surface area contributed by atoms with Crippen molar-refractivity contribution in [3.63, 3.8) is 0 Å². The van der Waals surface area contributed by atoms with Gasteiger partial charge in [-0.1, -0.05) is 60.7 Å². The van der Waals surface area contributed by atoms with Crippen LogP contribution in [0.2, 0.25) is 0 Å². The molecule has 200 valence electrons. The van der Waals surface area contributed by atoms with Crippen LogP contribution in [0, 0.1) is 0 Å². The third-order valence-corrected chi connectivity index (χ3v) is 6.54. The average molecular weight is 517 g/mol. The maximum absolute atomic E-state index is 13.3. The fourth-order valence-electron chi connectivity index (χ4n) is 4.59. The van der Waals surface area contributed by atoms with E-state index in [-0.39, 0.29) is 36.6 Å². The molecule has 1 aliphatic rings. The Hall–Kier alpha value is -3.68. The Morgan fingerprint density at radius 1 is 0.974 bits per heavy atom. The molecule has 0 radical (unpaired) electrons. The van der Waals surface area contributed by atoms with Gasteiger partial charge in [0, 0.05) is 30.3 Å². The lowest BCUT2D eigenvalue weighted by molar-refractivity contribution is -0.141. The summed E-state index contributed by atoms with van der Waals surface area (Å²) in [5.41, 5.74) is 3.57. The van der Waals surface area contributed by atoms with Crippen molar-refractivity contribution in [3.8, 4) is 5.75 Å². The molecule has 7 nitrogen and oxygen atoms in total. The zero-order chi connectivity index (χ0) is 26.9. The summed E-state index contributed by atoms with van der Waals surface area (Å²) in [6, 6.07) is 24.9. The fourth-order valence-corrected chi connectivity index (χ4v) is 4.59. The molecule has 0 spiro atoms. The Labute approximate surface area is 224 Å². The van der Waals surface area contributed by atoms with E-state index in [4.69, 9.17) is 14.2 Å². The zero-order valence-corrected chi connectivity index (χ0v) is 22.3. The number of carbonyl (C=O) groups excluding carboxylic acids is 2. The second-order valence-corrected chi connectivity index (χ2v) is 9.60. The van der Waals surface area contributed by atoms with Crippen LogP contribution in [0.1, 0.15) is 65.9 Å². The molecule has 1 aliphatic heterocycles. The number of esters is 1. The maximum atomic E-state index is 13.3. The first-order chi connectivity index (χ1) is 18.5.